The van der Waals surface area contributed by atoms with E-state index in [4.69, 9.17) is 10.00 Å². The average molecular weight is 372 g/mol. The Kier molecular flexibility index (Phi) is 5.27. The van der Waals surface area contributed by atoms with Gasteiger partial charge in [-0.3, -0.25) is 4.79 Å². The number of amides is 1. The molecule has 126 valence electrons. The van der Waals surface area contributed by atoms with Crippen LogP contribution in [0.25, 0.3) is 5.69 Å². The number of carbonyl (C=O) groups is 1. The maximum Gasteiger partial charge on any atom is 0.235 e. The summed E-state index contributed by atoms with van der Waals surface area (Å²) in [6.45, 7) is 0. The zero-order valence-corrected chi connectivity index (χ0v) is 14.7. The zero-order chi connectivity index (χ0) is 17.6. The van der Waals surface area contributed by atoms with E-state index in [1.807, 2.05) is 24.3 Å². The number of nitriles is 1. The Morgan fingerprint density at radius 2 is 2.28 bits per heavy atom. The second-order valence-electron chi connectivity index (χ2n) is 4.66. The summed E-state index contributed by atoms with van der Waals surface area (Å²) in [5.74, 6) is 0.495. The molecule has 8 nitrogen and oxygen atoms in total. The first kappa shape index (κ1) is 16.9. The molecule has 1 N–H and O–H groups in total. The number of hydrogen-bond donors (Lipinski definition) is 1. The van der Waals surface area contributed by atoms with Gasteiger partial charge in [0.1, 0.15) is 22.5 Å². The van der Waals surface area contributed by atoms with Gasteiger partial charge >= 0.3 is 0 Å². The first-order chi connectivity index (χ1) is 12.2. The highest BCUT2D eigenvalue weighted by Crippen LogP contribution is 2.26. The third-order valence-electron chi connectivity index (χ3n) is 3.13. The van der Waals surface area contributed by atoms with Gasteiger partial charge in [0.25, 0.3) is 0 Å². The summed E-state index contributed by atoms with van der Waals surface area (Å²) in [6, 6.07) is 11.0. The SMILES string of the molecule is COc1ccccc1-n1nnnc1SCC(=O)Nc1sccc1C#N. The van der Waals surface area contributed by atoms with Crippen LogP contribution in [0.15, 0.2) is 40.9 Å². The molecule has 0 bridgehead atoms. The van der Waals surface area contributed by atoms with E-state index in [0.29, 0.717) is 27.2 Å². The molecule has 1 amide bonds. The van der Waals surface area contributed by atoms with E-state index < -0.39 is 0 Å². The third kappa shape index (κ3) is 3.78. The topological polar surface area (TPSA) is 106 Å². The number of benzene rings is 1. The minimum absolute atomic E-state index is 0.109. The summed E-state index contributed by atoms with van der Waals surface area (Å²) >= 11 is 2.50. The fourth-order valence-corrected chi connectivity index (χ4v) is 3.45. The van der Waals surface area contributed by atoms with Crippen molar-refractivity contribution in [2.24, 2.45) is 0 Å². The van der Waals surface area contributed by atoms with E-state index in [1.54, 1.807) is 24.6 Å². The minimum Gasteiger partial charge on any atom is -0.494 e. The summed E-state index contributed by atoms with van der Waals surface area (Å²) in [4.78, 5) is 12.1. The van der Waals surface area contributed by atoms with Gasteiger partial charge in [0.15, 0.2) is 0 Å². The lowest BCUT2D eigenvalue weighted by atomic mass is 10.3. The molecular weight excluding hydrogens is 360 g/mol. The van der Waals surface area contributed by atoms with Crippen LogP contribution in [0, 0.1) is 11.3 Å². The van der Waals surface area contributed by atoms with Crippen molar-refractivity contribution in [3.8, 4) is 17.5 Å². The predicted molar refractivity (Wildman–Crippen MR) is 94.1 cm³/mol. The molecule has 0 saturated heterocycles. The zero-order valence-electron chi connectivity index (χ0n) is 13.0. The fraction of sp³-hybridized carbons (Fsp3) is 0.133. The molecule has 0 aliphatic carbocycles. The van der Waals surface area contributed by atoms with Crippen molar-refractivity contribution in [2.45, 2.75) is 5.16 Å². The largest absolute Gasteiger partial charge is 0.494 e. The molecule has 3 rings (SSSR count). The molecule has 10 heteroatoms. The van der Waals surface area contributed by atoms with Crippen molar-refractivity contribution in [1.82, 2.24) is 20.2 Å². The number of carbonyl (C=O) groups excluding carboxylic acids is 1. The summed E-state index contributed by atoms with van der Waals surface area (Å²) in [5.41, 5.74) is 1.13. The molecule has 3 aromatic rings. The van der Waals surface area contributed by atoms with E-state index in [1.165, 1.54) is 27.8 Å². The van der Waals surface area contributed by atoms with Crippen molar-refractivity contribution < 1.29 is 9.53 Å². The predicted octanol–water partition coefficient (Wildman–Crippen LogP) is 2.33. The fourth-order valence-electron chi connectivity index (χ4n) is 2.01. The smallest absolute Gasteiger partial charge is 0.235 e. The van der Waals surface area contributed by atoms with Crippen LogP contribution in [0.3, 0.4) is 0 Å². The van der Waals surface area contributed by atoms with Crippen LogP contribution in [-0.2, 0) is 4.79 Å². The van der Waals surface area contributed by atoms with Crippen molar-refractivity contribution >= 4 is 34.0 Å². The van der Waals surface area contributed by atoms with Gasteiger partial charge in [0, 0.05) is 0 Å². The van der Waals surface area contributed by atoms with Gasteiger partial charge in [-0.05, 0) is 34.0 Å². The Morgan fingerprint density at radius 3 is 3.08 bits per heavy atom. The lowest BCUT2D eigenvalue weighted by molar-refractivity contribution is -0.113. The minimum atomic E-state index is -0.237. The number of thiophene rings is 1. The summed E-state index contributed by atoms with van der Waals surface area (Å²) in [6.07, 6.45) is 0. The van der Waals surface area contributed by atoms with Crippen molar-refractivity contribution in [2.75, 3.05) is 18.2 Å². The van der Waals surface area contributed by atoms with Gasteiger partial charge < -0.3 is 10.1 Å². The molecule has 0 radical (unpaired) electrons. The molecule has 0 aliphatic rings. The van der Waals surface area contributed by atoms with Gasteiger partial charge in [0.05, 0.1) is 18.4 Å². The van der Waals surface area contributed by atoms with E-state index in [0.717, 1.165) is 0 Å². The number of methoxy groups -OCH3 is 1. The molecule has 0 fully saturated rings. The number of ether oxygens (including phenoxy) is 1. The second-order valence-corrected chi connectivity index (χ2v) is 6.52. The van der Waals surface area contributed by atoms with Crippen LogP contribution in [0.1, 0.15) is 5.56 Å². The first-order valence-corrected chi connectivity index (χ1v) is 8.91. The molecule has 1 aromatic carbocycles. The Morgan fingerprint density at radius 1 is 1.44 bits per heavy atom. The number of hydrogen-bond acceptors (Lipinski definition) is 8. The Balaban J connectivity index is 1.70. The Hall–Kier alpha value is -2.90. The van der Waals surface area contributed by atoms with Crippen LogP contribution in [0.2, 0.25) is 0 Å². The lowest BCUT2D eigenvalue weighted by Gasteiger charge is -2.08. The van der Waals surface area contributed by atoms with Crippen molar-refractivity contribution in [3.63, 3.8) is 0 Å². The summed E-state index contributed by atoms with van der Waals surface area (Å²) in [7, 11) is 1.57. The first-order valence-electron chi connectivity index (χ1n) is 7.05. The van der Waals surface area contributed by atoms with Gasteiger partial charge in [-0.1, -0.05) is 23.9 Å². The van der Waals surface area contributed by atoms with E-state index in [2.05, 4.69) is 20.8 Å². The Bertz CT molecular complexity index is 930. The number of aromatic nitrogens is 4. The normalized spacial score (nSPS) is 10.2. The highest BCUT2D eigenvalue weighted by atomic mass is 32.2. The van der Waals surface area contributed by atoms with Gasteiger partial charge in [0.2, 0.25) is 11.1 Å². The molecule has 0 unspecified atom stereocenters. The maximum atomic E-state index is 12.1. The van der Waals surface area contributed by atoms with Crippen LogP contribution >= 0.6 is 23.1 Å². The van der Waals surface area contributed by atoms with Crippen LogP contribution < -0.4 is 10.1 Å². The molecule has 0 atom stereocenters. The number of tetrazole rings is 1. The number of anilines is 1. The van der Waals surface area contributed by atoms with E-state index in [9.17, 15) is 4.79 Å². The van der Waals surface area contributed by atoms with Gasteiger partial charge in [-0.25, -0.2) is 0 Å². The quantitative estimate of drug-likeness (QED) is 0.662. The number of nitrogens with zero attached hydrogens (tertiary/aromatic N) is 5. The van der Waals surface area contributed by atoms with Crippen LogP contribution in [0.5, 0.6) is 5.75 Å². The van der Waals surface area contributed by atoms with E-state index >= 15 is 0 Å². The molecule has 25 heavy (non-hydrogen) atoms. The third-order valence-corrected chi connectivity index (χ3v) is 4.87. The van der Waals surface area contributed by atoms with Gasteiger partial charge in [-0.2, -0.15) is 9.94 Å². The number of para-hydroxylation sites is 2. The second kappa shape index (κ2) is 7.78. The Labute approximate surface area is 151 Å². The monoisotopic (exact) mass is 372 g/mol. The standard InChI is InChI=1S/C15H12N6O2S2/c1-23-12-5-3-2-4-11(12)21-15(18-19-20-21)25-9-13(22)17-14-10(8-16)6-7-24-14/h2-7H,9H2,1H3,(H,17,22). The molecular formula is C15H12N6O2S2. The highest BCUT2D eigenvalue weighted by molar-refractivity contribution is 7.99. The molecule has 0 aliphatic heterocycles. The molecule has 0 saturated carbocycles. The van der Waals surface area contributed by atoms with Crippen LogP contribution in [0.4, 0.5) is 5.00 Å². The summed E-state index contributed by atoms with van der Waals surface area (Å²) in [5, 5.41) is 26.0. The molecule has 0 spiro atoms. The van der Waals surface area contributed by atoms with Crippen LogP contribution in [-0.4, -0.2) is 39.0 Å². The molecule has 2 heterocycles. The molecule has 2 aromatic heterocycles. The summed E-state index contributed by atoms with van der Waals surface area (Å²) < 4.78 is 6.83. The number of thioether (sulfide) groups is 1. The van der Waals surface area contributed by atoms with E-state index in [-0.39, 0.29) is 11.7 Å². The average Bonchev–Trinajstić information content (AvgIpc) is 3.28. The number of rotatable bonds is 6. The van der Waals surface area contributed by atoms with Crippen molar-refractivity contribution in [3.05, 3.63) is 41.3 Å². The lowest BCUT2D eigenvalue weighted by Crippen LogP contribution is -2.14. The van der Waals surface area contributed by atoms with Crippen molar-refractivity contribution in [1.29, 1.82) is 5.26 Å². The van der Waals surface area contributed by atoms with Gasteiger partial charge in [-0.15, -0.1) is 16.4 Å². The highest BCUT2D eigenvalue weighted by Gasteiger charge is 2.15. The maximum absolute atomic E-state index is 12.1. The number of nitrogens with one attached hydrogen (secondary N) is 1.